The minimum Gasteiger partial charge on any atom is -0.493 e. The van der Waals surface area contributed by atoms with Crippen LogP contribution in [0.1, 0.15) is 31.7 Å². The summed E-state index contributed by atoms with van der Waals surface area (Å²) in [5, 5.41) is -0.00186. The third-order valence-electron chi connectivity index (χ3n) is 2.93. The van der Waals surface area contributed by atoms with Crippen molar-refractivity contribution in [2.45, 2.75) is 26.2 Å². The first-order valence-electron chi connectivity index (χ1n) is 7.41. The molecule has 4 N–H and O–H groups in total. The first-order chi connectivity index (χ1) is 11.1. The summed E-state index contributed by atoms with van der Waals surface area (Å²) in [6, 6.07) is 5.48. The lowest BCUT2D eigenvalue weighted by Crippen LogP contribution is -2.43. The summed E-state index contributed by atoms with van der Waals surface area (Å²) in [6.07, 6.45) is 6.31. The number of amides is 1. The summed E-state index contributed by atoms with van der Waals surface area (Å²) >= 11 is 4.59. The summed E-state index contributed by atoms with van der Waals surface area (Å²) in [6.45, 7) is 2.81. The normalized spacial score (nSPS) is 10.3. The van der Waals surface area contributed by atoms with Gasteiger partial charge in [-0.2, -0.15) is 0 Å². The second-order valence-electron chi connectivity index (χ2n) is 4.78. The fraction of sp³-hybridized carbons (Fsp3) is 0.375. The van der Waals surface area contributed by atoms with Crippen molar-refractivity contribution in [3.05, 3.63) is 29.8 Å². The Balaban J connectivity index is 2.63. The van der Waals surface area contributed by atoms with Crippen LogP contribution in [0.3, 0.4) is 0 Å². The minimum absolute atomic E-state index is 0.00186. The van der Waals surface area contributed by atoms with Crippen molar-refractivity contribution in [3.8, 4) is 11.5 Å². The first-order valence-corrected chi connectivity index (χ1v) is 7.82. The average Bonchev–Trinajstić information content (AvgIpc) is 2.55. The summed E-state index contributed by atoms with van der Waals surface area (Å²) in [5.41, 5.74) is 10.7. The van der Waals surface area contributed by atoms with E-state index in [0.717, 1.165) is 24.8 Å². The Hall–Kier alpha value is -2.28. The molecule has 23 heavy (non-hydrogen) atoms. The van der Waals surface area contributed by atoms with E-state index >= 15 is 0 Å². The van der Waals surface area contributed by atoms with Crippen LogP contribution in [-0.2, 0) is 4.79 Å². The molecule has 0 heterocycles. The molecule has 0 saturated carbocycles. The minimum atomic E-state index is -0.364. The van der Waals surface area contributed by atoms with Crippen LogP contribution >= 0.6 is 12.2 Å². The van der Waals surface area contributed by atoms with Crippen LogP contribution in [0.25, 0.3) is 6.08 Å². The van der Waals surface area contributed by atoms with E-state index in [-0.39, 0.29) is 11.0 Å². The highest BCUT2D eigenvalue weighted by molar-refractivity contribution is 7.80. The van der Waals surface area contributed by atoms with Crippen molar-refractivity contribution < 1.29 is 14.3 Å². The van der Waals surface area contributed by atoms with E-state index in [1.165, 1.54) is 6.08 Å². The van der Waals surface area contributed by atoms with Crippen molar-refractivity contribution in [2.75, 3.05) is 13.7 Å². The van der Waals surface area contributed by atoms with E-state index in [1.54, 1.807) is 19.3 Å². The van der Waals surface area contributed by atoms with Gasteiger partial charge in [0, 0.05) is 6.08 Å². The second kappa shape index (κ2) is 10.4. The second-order valence-corrected chi connectivity index (χ2v) is 5.22. The molecule has 0 bridgehead atoms. The fourth-order valence-corrected chi connectivity index (χ4v) is 1.83. The van der Waals surface area contributed by atoms with Crippen molar-refractivity contribution in [2.24, 2.45) is 5.73 Å². The Morgan fingerprint density at radius 1 is 1.30 bits per heavy atom. The van der Waals surface area contributed by atoms with Crippen molar-refractivity contribution in [3.63, 3.8) is 0 Å². The number of hydrogen-bond donors (Lipinski definition) is 3. The van der Waals surface area contributed by atoms with Crippen LogP contribution in [-0.4, -0.2) is 24.7 Å². The largest absolute Gasteiger partial charge is 0.493 e. The third kappa shape index (κ3) is 7.51. The third-order valence-corrected chi connectivity index (χ3v) is 3.03. The molecule has 0 aromatic heterocycles. The molecule has 0 saturated heterocycles. The highest BCUT2D eigenvalue weighted by Gasteiger charge is 2.05. The van der Waals surface area contributed by atoms with Gasteiger partial charge in [-0.3, -0.25) is 15.6 Å². The molecular weight excluding hydrogens is 314 g/mol. The van der Waals surface area contributed by atoms with Gasteiger partial charge in [0.25, 0.3) is 5.91 Å². The van der Waals surface area contributed by atoms with Gasteiger partial charge in [-0.05, 0) is 42.4 Å². The Morgan fingerprint density at radius 2 is 2.09 bits per heavy atom. The van der Waals surface area contributed by atoms with Gasteiger partial charge in [-0.1, -0.05) is 25.8 Å². The molecule has 1 aromatic carbocycles. The number of carbonyl (C=O) groups excluding carboxylic acids is 1. The smallest absolute Gasteiger partial charge is 0.262 e. The number of methoxy groups -OCH3 is 1. The maximum Gasteiger partial charge on any atom is 0.262 e. The SMILES string of the molecule is CCCCCOc1ccc(/C=C/C(=O)NNC(N)=S)cc1OC. The number of unbranched alkanes of at least 4 members (excludes halogenated alkanes) is 2. The molecule has 0 radical (unpaired) electrons. The number of hydrogen-bond acceptors (Lipinski definition) is 4. The number of thiocarbonyl (C=S) groups is 1. The van der Waals surface area contributed by atoms with Crippen molar-refractivity contribution in [1.29, 1.82) is 0 Å². The number of hydrazine groups is 1. The molecule has 7 heteroatoms. The van der Waals surface area contributed by atoms with Crippen LogP contribution < -0.4 is 26.1 Å². The molecule has 0 unspecified atom stereocenters. The average molecular weight is 337 g/mol. The predicted molar refractivity (Wildman–Crippen MR) is 95.1 cm³/mol. The molecule has 1 amide bonds. The number of nitrogens with one attached hydrogen (secondary N) is 2. The zero-order chi connectivity index (χ0) is 17.1. The zero-order valence-electron chi connectivity index (χ0n) is 13.4. The van der Waals surface area contributed by atoms with Crippen LogP contribution in [0.2, 0.25) is 0 Å². The summed E-state index contributed by atoms with van der Waals surface area (Å²) in [5.74, 6) is 0.960. The predicted octanol–water partition coefficient (Wildman–Crippen LogP) is 2.14. The van der Waals surface area contributed by atoms with Gasteiger partial charge in [-0.25, -0.2) is 0 Å². The fourth-order valence-electron chi connectivity index (χ4n) is 1.78. The molecule has 126 valence electrons. The van der Waals surface area contributed by atoms with Crippen LogP contribution in [0, 0.1) is 0 Å². The lowest BCUT2D eigenvalue weighted by atomic mass is 10.2. The van der Waals surface area contributed by atoms with Crippen molar-refractivity contribution >= 4 is 29.3 Å². The molecule has 1 aromatic rings. The molecule has 0 atom stereocenters. The number of carbonyl (C=O) groups is 1. The van der Waals surface area contributed by atoms with E-state index in [4.69, 9.17) is 15.2 Å². The molecule has 1 rings (SSSR count). The zero-order valence-corrected chi connectivity index (χ0v) is 14.2. The number of benzene rings is 1. The molecular formula is C16H23N3O3S. The molecule has 0 fully saturated rings. The lowest BCUT2D eigenvalue weighted by molar-refractivity contribution is -0.116. The van der Waals surface area contributed by atoms with Gasteiger partial charge in [0.15, 0.2) is 16.6 Å². The Bertz CT molecular complexity index is 562. The van der Waals surface area contributed by atoms with E-state index in [9.17, 15) is 4.79 Å². The molecule has 0 aliphatic carbocycles. The Kier molecular flexibility index (Phi) is 8.52. The van der Waals surface area contributed by atoms with E-state index in [0.29, 0.717) is 18.1 Å². The lowest BCUT2D eigenvalue weighted by Gasteiger charge is -2.11. The van der Waals surface area contributed by atoms with Gasteiger partial charge in [-0.15, -0.1) is 0 Å². The van der Waals surface area contributed by atoms with Gasteiger partial charge >= 0.3 is 0 Å². The van der Waals surface area contributed by atoms with Gasteiger partial charge in [0.2, 0.25) is 0 Å². The standard InChI is InChI=1S/C16H23N3O3S/c1-3-4-5-10-22-13-8-6-12(11-14(13)21-2)7-9-15(20)18-19-16(17)23/h6-9,11H,3-5,10H2,1-2H3,(H,18,20)(H3,17,19,23)/b9-7+. The molecule has 0 aliphatic heterocycles. The summed E-state index contributed by atoms with van der Waals surface area (Å²) < 4.78 is 11.0. The van der Waals surface area contributed by atoms with Crippen molar-refractivity contribution in [1.82, 2.24) is 10.9 Å². The quantitative estimate of drug-likeness (QED) is 0.292. The van der Waals surface area contributed by atoms with Gasteiger partial charge < -0.3 is 15.2 Å². The highest BCUT2D eigenvalue weighted by atomic mass is 32.1. The van der Waals surface area contributed by atoms with E-state index < -0.39 is 0 Å². The topological polar surface area (TPSA) is 85.6 Å². The van der Waals surface area contributed by atoms with Gasteiger partial charge in [0.05, 0.1) is 13.7 Å². The van der Waals surface area contributed by atoms with E-state index in [1.807, 2.05) is 12.1 Å². The molecule has 0 aliphatic rings. The van der Waals surface area contributed by atoms with Crippen LogP contribution in [0.4, 0.5) is 0 Å². The Labute approximate surface area is 142 Å². The van der Waals surface area contributed by atoms with Crippen LogP contribution in [0.5, 0.6) is 11.5 Å². The molecule has 0 spiro atoms. The van der Waals surface area contributed by atoms with Crippen LogP contribution in [0.15, 0.2) is 24.3 Å². The highest BCUT2D eigenvalue weighted by Crippen LogP contribution is 2.28. The number of ether oxygens (including phenoxy) is 2. The van der Waals surface area contributed by atoms with E-state index in [2.05, 4.69) is 30.0 Å². The maximum absolute atomic E-state index is 11.5. The number of rotatable bonds is 8. The first kappa shape index (κ1) is 18.8. The van der Waals surface area contributed by atoms with Gasteiger partial charge in [0.1, 0.15) is 0 Å². The summed E-state index contributed by atoms with van der Waals surface area (Å²) in [7, 11) is 1.58. The maximum atomic E-state index is 11.5. The Morgan fingerprint density at radius 3 is 2.74 bits per heavy atom. The monoisotopic (exact) mass is 337 g/mol. The number of nitrogens with two attached hydrogens (primary N) is 1. The summed E-state index contributed by atoms with van der Waals surface area (Å²) in [4.78, 5) is 11.5. The molecule has 6 nitrogen and oxygen atoms in total.